The molecule has 1 rings (SSSR count). The Morgan fingerprint density at radius 1 is 1.19 bits per heavy atom. The van der Waals surface area contributed by atoms with Crippen LogP contribution in [0.1, 0.15) is 18.9 Å². The number of esters is 1. The Bertz CT molecular complexity index is 569. The molecule has 0 amide bonds. The van der Waals surface area contributed by atoms with E-state index in [4.69, 9.17) is 0 Å². The highest BCUT2D eigenvalue weighted by atomic mass is 32.2. The van der Waals surface area contributed by atoms with Gasteiger partial charge in [-0.3, -0.25) is 9.10 Å². The van der Waals surface area contributed by atoms with E-state index in [-0.39, 0.29) is 13.0 Å². The molecule has 0 heterocycles. The Morgan fingerprint density at radius 2 is 1.76 bits per heavy atom. The van der Waals surface area contributed by atoms with Crippen molar-refractivity contribution in [2.24, 2.45) is 0 Å². The number of carbonyl (C=O) groups is 1. The molecule has 6 nitrogen and oxygen atoms in total. The number of rotatable bonds is 7. The lowest BCUT2D eigenvalue weighted by atomic mass is 10.1. The summed E-state index contributed by atoms with van der Waals surface area (Å²) in [6, 6.07) is 7.33. The van der Waals surface area contributed by atoms with Gasteiger partial charge >= 0.3 is 16.2 Å². The Morgan fingerprint density at radius 3 is 2.24 bits per heavy atom. The number of aryl methyl sites for hydroxylation is 1. The van der Waals surface area contributed by atoms with Crippen molar-refractivity contribution >= 4 is 21.9 Å². The van der Waals surface area contributed by atoms with E-state index < -0.39 is 16.2 Å². The molecule has 0 fully saturated rings. The SMILES string of the molecule is CCc1ccc(N(C)S(=O)(=O)N(C)CCC(=O)OC)cc1. The first-order valence-electron chi connectivity index (χ1n) is 6.68. The topological polar surface area (TPSA) is 66.9 Å². The Balaban J connectivity index is 2.82. The molecule has 0 aromatic heterocycles. The highest BCUT2D eigenvalue weighted by molar-refractivity contribution is 7.90. The summed E-state index contributed by atoms with van der Waals surface area (Å²) < 4.78 is 31.6. The van der Waals surface area contributed by atoms with E-state index in [1.807, 2.05) is 19.1 Å². The normalized spacial score (nSPS) is 11.5. The number of ether oxygens (including phenoxy) is 1. The smallest absolute Gasteiger partial charge is 0.306 e. The van der Waals surface area contributed by atoms with Crippen LogP contribution in [0.15, 0.2) is 24.3 Å². The number of hydrogen-bond acceptors (Lipinski definition) is 4. The summed E-state index contributed by atoms with van der Waals surface area (Å²) in [6.07, 6.45) is 0.921. The van der Waals surface area contributed by atoms with E-state index in [1.54, 1.807) is 12.1 Å². The molecule has 1 aromatic carbocycles. The van der Waals surface area contributed by atoms with Crippen LogP contribution in [0.4, 0.5) is 5.69 Å². The first-order valence-corrected chi connectivity index (χ1v) is 8.08. The maximum atomic E-state index is 12.4. The highest BCUT2D eigenvalue weighted by Crippen LogP contribution is 2.19. The zero-order chi connectivity index (χ0) is 16.0. The summed E-state index contributed by atoms with van der Waals surface area (Å²) in [5.41, 5.74) is 1.72. The molecule has 21 heavy (non-hydrogen) atoms. The van der Waals surface area contributed by atoms with Gasteiger partial charge in [-0.1, -0.05) is 19.1 Å². The molecule has 0 N–H and O–H groups in total. The van der Waals surface area contributed by atoms with Gasteiger partial charge in [-0.25, -0.2) is 0 Å². The van der Waals surface area contributed by atoms with Crippen molar-refractivity contribution in [3.05, 3.63) is 29.8 Å². The molecule has 0 aliphatic carbocycles. The largest absolute Gasteiger partial charge is 0.469 e. The zero-order valence-corrected chi connectivity index (χ0v) is 13.7. The first kappa shape index (κ1) is 17.5. The summed E-state index contributed by atoms with van der Waals surface area (Å²) >= 11 is 0. The number of anilines is 1. The fourth-order valence-corrected chi connectivity index (χ4v) is 2.88. The molecule has 0 unspecified atom stereocenters. The standard InChI is InChI=1S/C14H22N2O4S/c1-5-12-6-8-13(9-7-12)16(3)21(18,19)15(2)11-10-14(17)20-4/h6-9H,5,10-11H2,1-4H3. The monoisotopic (exact) mass is 314 g/mol. The fraction of sp³-hybridized carbons (Fsp3) is 0.500. The van der Waals surface area contributed by atoms with Crippen molar-refractivity contribution in [2.75, 3.05) is 32.1 Å². The lowest BCUT2D eigenvalue weighted by Gasteiger charge is -2.25. The average molecular weight is 314 g/mol. The maximum Gasteiger partial charge on any atom is 0.306 e. The molecule has 0 aliphatic rings. The van der Waals surface area contributed by atoms with Gasteiger partial charge in [0, 0.05) is 20.6 Å². The number of benzene rings is 1. The van der Waals surface area contributed by atoms with Crippen molar-refractivity contribution in [3.8, 4) is 0 Å². The molecular weight excluding hydrogens is 292 g/mol. The highest BCUT2D eigenvalue weighted by Gasteiger charge is 2.24. The number of carbonyl (C=O) groups excluding carboxylic acids is 1. The quantitative estimate of drug-likeness (QED) is 0.714. The maximum absolute atomic E-state index is 12.4. The molecular formula is C14H22N2O4S. The Hall–Kier alpha value is -1.60. The molecule has 0 saturated heterocycles. The van der Waals surface area contributed by atoms with Crippen molar-refractivity contribution in [1.82, 2.24) is 4.31 Å². The second-order valence-electron chi connectivity index (χ2n) is 4.64. The van der Waals surface area contributed by atoms with E-state index in [0.29, 0.717) is 5.69 Å². The van der Waals surface area contributed by atoms with Gasteiger partial charge in [0.05, 0.1) is 19.2 Å². The predicted octanol–water partition coefficient (Wildman–Crippen LogP) is 1.42. The number of hydrogen-bond donors (Lipinski definition) is 0. The van der Waals surface area contributed by atoms with Gasteiger partial charge in [-0.05, 0) is 24.1 Å². The molecule has 0 spiro atoms. The summed E-state index contributed by atoms with van der Waals surface area (Å²) in [7, 11) is 0.550. The number of nitrogens with zero attached hydrogens (tertiary/aromatic N) is 2. The van der Waals surface area contributed by atoms with Crippen LogP contribution in [0.5, 0.6) is 0 Å². The van der Waals surface area contributed by atoms with Crippen LogP contribution in [0.3, 0.4) is 0 Å². The van der Waals surface area contributed by atoms with Gasteiger partial charge in [-0.15, -0.1) is 0 Å². The summed E-state index contributed by atoms with van der Waals surface area (Å²) in [6.45, 7) is 2.11. The van der Waals surface area contributed by atoms with Gasteiger partial charge in [0.2, 0.25) is 0 Å². The van der Waals surface area contributed by atoms with E-state index in [1.165, 1.54) is 25.5 Å². The lowest BCUT2D eigenvalue weighted by molar-refractivity contribution is -0.140. The Labute approximate surface area is 126 Å². The summed E-state index contributed by atoms with van der Waals surface area (Å²) in [5.74, 6) is -0.438. The molecule has 0 saturated carbocycles. The van der Waals surface area contributed by atoms with Crippen LogP contribution in [0, 0.1) is 0 Å². The molecule has 118 valence electrons. The predicted molar refractivity (Wildman–Crippen MR) is 82.4 cm³/mol. The first-order chi connectivity index (χ1) is 9.82. The van der Waals surface area contributed by atoms with Crippen LogP contribution in [0.25, 0.3) is 0 Å². The van der Waals surface area contributed by atoms with Crippen LogP contribution >= 0.6 is 0 Å². The molecule has 0 bridgehead atoms. The van der Waals surface area contributed by atoms with E-state index in [9.17, 15) is 13.2 Å². The van der Waals surface area contributed by atoms with Gasteiger partial charge in [0.25, 0.3) is 0 Å². The minimum absolute atomic E-state index is 0.0227. The van der Waals surface area contributed by atoms with Crippen molar-refractivity contribution in [1.29, 1.82) is 0 Å². The van der Waals surface area contributed by atoms with E-state index >= 15 is 0 Å². The Kier molecular flexibility index (Phi) is 6.17. The van der Waals surface area contributed by atoms with Crippen LogP contribution in [0.2, 0.25) is 0 Å². The average Bonchev–Trinajstić information content (AvgIpc) is 2.51. The van der Waals surface area contributed by atoms with Gasteiger partial charge < -0.3 is 4.74 Å². The molecule has 0 atom stereocenters. The van der Waals surface area contributed by atoms with Crippen LogP contribution in [-0.4, -0.2) is 46.4 Å². The molecule has 7 heteroatoms. The van der Waals surface area contributed by atoms with Crippen molar-refractivity contribution < 1.29 is 17.9 Å². The molecule has 1 aromatic rings. The van der Waals surface area contributed by atoms with Gasteiger partial charge in [-0.2, -0.15) is 12.7 Å². The minimum atomic E-state index is -3.66. The van der Waals surface area contributed by atoms with E-state index in [2.05, 4.69) is 4.74 Å². The van der Waals surface area contributed by atoms with Crippen molar-refractivity contribution in [2.45, 2.75) is 19.8 Å². The fourth-order valence-electron chi connectivity index (χ4n) is 1.75. The van der Waals surface area contributed by atoms with E-state index in [0.717, 1.165) is 16.3 Å². The lowest BCUT2D eigenvalue weighted by Crippen LogP contribution is -2.40. The molecule has 0 aliphatic heterocycles. The third-order valence-corrected chi connectivity index (χ3v) is 5.18. The minimum Gasteiger partial charge on any atom is -0.469 e. The summed E-state index contributed by atoms with van der Waals surface area (Å²) in [5, 5.41) is 0. The number of methoxy groups -OCH3 is 1. The zero-order valence-electron chi connectivity index (χ0n) is 12.9. The van der Waals surface area contributed by atoms with Crippen LogP contribution in [-0.2, 0) is 26.2 Å². The molecule has 0 radical (unpaired) electrons. The third-order valence-electron chi connectivity index (χ3n) is 3.31. The van der Waals surface area contributed by atoms with Gasteiger partial charge in [0.1, 0.15) is 0 Å². The second kappa shape index (κ2) is 7.42. The van der Waals surface area contributed by atoms with Crippen LogP contribution < -0.4 is 4.31 Å². The summed E-state index contributed by atoms with van der Waals surface area (Å²) in [4.78, 5) is 11.1. The third kappa shape index (κ3) is 4.44. The second-order valence-corrected chi connectivity index (χ2v) is 6.71. The van der Waals surface area contributed by atoms with Gasteiger partial charge in [0.15, 0.2) is 0 Å². The van der Waals surface area contributed by atoms with Crippen molar-refractivity contribution in [3.63, 3.8) is 0 Å².